The standard InChI is InChI=1S/C16H23ClN2O/c1-2-19(12-13-7-6-8-14(17)11-13)16(20)15-9-4-3-5-10-18-15/h6-8,11,15,18H,2-5,9-10,12H2,1H3. The van der Waals surface area contributed by atoms with Gasteiger partial charge in [0.2, 0.25) is 5.91 Å². The van der Waals surface area contributed by atoms with E-state index in [0.717, 1.165) is 36.5 Å². The van der Waals surface area contributed by atoms with Crippen LogP contribution in [0.25, 0.3) is 0 Å². The summed E-state index contributed by atoms with van der Waals surface area (Å²) in [6, 6.07) is 7.72. The van der Waals surface area contributed by atoms with E-state index in [1.807, 2.05) is 36.1 Å². The van der Waals surface area contributed by atoms with Crippen molar-refractivity contribution in [2.45, 2.75) is 45.2 Å². The van der Waals surface area contributed by atoms with Crippen molar-refractivity contribution in [2.24, 2.45) is 0 Å². The van der Waals surface area contributed by atoms with Crippen LogP contribution in [-0.4, -0.2) is 29.9 Å². The number of nitrogens with one attached hydrogen (secondary N) is 1. The predicted octanol–water partition coefficient (Wildman–Crippen LogP) is 3.22. The van der Waals surface area contributed by atoms with Crippen molar-refractivity contribution in [1.29, 1.82) is 0 Å². The van der Waals surface area contributed by atoms with Gasteiger partial charge in [0, 0.05) is 18.1 Å². The van der Waals surface area contributed by atoms with E-state index in [4.69, 9.17) is 11.6 Å². The minimum atomic E-state index is -0.0170. The molecule has 2 rings (SSSR count). The molecule has 1 saturated heterocycles. The summed E-state index contributed by atoms with van der Waals surface area (Å²) in [5, 5.41) is 4.10. The van der Waals surface area contributed by atoms with Crippen LogP contribution < -0.4 is 5.32 Å². The number of rotatable bonds is 4. The molecule has 4 heteroatoms. The average Bonchev–Trinajstić information content (AvgIpc) is 2.73. The molecule has 1 N–H and O–H groups in total. The lowest BCUT2D eigenvalue weighted by Gasteiger charge is -2.26. The van der Waals surface area contributed by atoms with E-state index in [1.54, 1.807) is 0 Å². The van der Waals surface area contributed by atoms with Crippen LogP contribution >= 0.6 is 11.6 Å². The molecule has 1 aromatic carbocycles. The minimum absolute atomic E-state index is 0.0170. The van der Waals surface area contributed by atoms with Gasteiger partial charge in [-0.1, -0.05) is 36.6 Å². The van der Waals surface area contributed by atoms with Crippen molar-refractivity contribution in [3.8, 4) is 0 Å². The molecule has 110 valence electrons. The Morgan fingerprint density at radius 1 is 1.40 bits per heavy atom. The van der Waals surface area contributed by atoms with Crippen LogP contribution in [-0.2, 0) is 11.3 Å². The highest BCUT2D eigenvalue weighted by atomic mass is 35.5. The van der Waals surface area contributed by atoms with E-state index in [-0.39, 0.29) is 11.9 Å². The molecule has 0 radical (unpaired) electrons. The number of benzene rings is 1. The normalized spacial score (nSPS) is 19.4. The number of likely N-dealkylation sites (N-methyl/N-ethyl adjacent to an activating group) is 1. The smallest absolute Gasteiger partial charge is 0.239 e. The lowest BCUT2D eigenvalue weighted by Crippen LogP contribution is -2.45. The van der Waals surface area contributed by atoms with E-state index in [9.17, 15) is 4.79 Å². The molecule has 1 aromatic rings. The maximum atomic E-state index is 12.6. The van der Waals surface area contributed by atoms with Crippen molar-refractivity contribution >= 4 is 17.5 Å². The molecule has 0 aliphatic carbocycles. The number of carbonyl (C=O) groups excluding carboxylic acids is 1. The van der Waals surface area contributed by atoms with Crippen molar-refractivity contribution < 1.29 is 4.79 Å². The molecule has 1 atom stereocenters. The monoisotopic (exact) mass is 294 g/mol. The fraction of sp³-hybridized carbons (Fsp3) is 0.562. The molecule has 0 aromatic heterocycles. The molecule has 1 heterocycles. The summed E-state index contributed by atoms with van der Waals surface area (Å²) in [5.41, 5.74) is 1.08. The molecule has 1 amide bonds. The van der Waals surface area contributed by atoms with E-state index in [0.29, 0.717) is 6.54 Å². The van der Waals surface area contributed by atoms with Gasteiger partial charge in [-0.2, -0.15) is 0 Å². The van der Waals surface area contributed by atoms with Crippen LogP contribution in [0.15, 0.2) is 24.3 Å². The van der Waals surface area contributed by atoms with Crippen LogP contribution in [0.2, 0.25) is 5.02 Å². The highest BCUT2D eigenvalue weighted by Gasteiger charge is 2.24. The van der Waals surface area contributed by atoms with Gasteiger partial charge in [0.1, 0.15) is 0 Å². The van der Waals surface area contributed by atoms with Crippen LogP contribution in [0, 0.1) is 0 Å². The lowest BCUT2D eigenvalue weighted by molar-refractivity contribution is -0.134. The third-order valence-electron chi connectivity index (χ3n) is 3.81. The second-order valence-corrected chi connectivity index (χ2v) is 5.77. The van der Waals surface area contributed by atoms with Gasteiger partial charge < -0.3 is 10.2 Å². The Hall–Kier alpha value is -1.06. The van der Waals surface area contributed by atoms with E-state index in [2.05, 4.69) is 5.32 Å². The number of amides is 1. The summed E-state index contributed by atoms with van der Waals surface area (Å²) in [4.78, 5) is 14.5. The van der Waals surface area contributed by atoms with Crippen molar-refractivity contribution in [3.05, 3.63) is 34.9 Å². The fourth-order valence-corrected chi connectivity index (χ4v) is 2.87. The third kappa shape index (κ3) is 4.22. The molecule has 1 unspecified atom stereocenters. The van der Waals surface area contributed by atoms with Gasteiger partial charge >= 0.3 is 0 Å². The first kappa shape index (κ1) is 15.3. The Bertz CT molecular complexity index is 442. The van der Waals surface area contributed by atoms with Gasteiger partial charge in [-0.3, -0.25) is 4.79 Å². The minimum Gasteiger partial charge on any atom is -0.337 e. The molecule has 1 aliphatic heterocycles. The molecule has 0 bridgehead atoms. The lowest BCUT2D eigenvalue weighted by atomic mass is 10.1. The second-order valence-electron chi connectivity index (χ2n) is 5.34. The summed E-state index contributed by atoms with van der Waals surface area (Å²) in [6.45, 7) is 4.34. The number of carbonyl (C=O) groups is 1. The number of halogens is 1. The first-order valence-electron chi connectivity index (χ1n) is 7.47. The Kier molecular flexibility index (Phi) is 5.86. The highest BCUT2D eigenvalue weighted by molar-refractivity contribution is 6.30. The van der Waals surface area contributed by atoms with Gasteiger partial charge in [0.25, 0.3) is 0 Å². The van der Waals surface area contributed by atoms with Gasteiger partial charge in [-0.05, 0) is 44.0 Å². The van der Waals surface area contributed by atoms with E-state index in [1.165, 1.54) is 12.8 Å². The number of nitrogens with zero attached hydrogens (tertiary/aromatic N) is 1. The van der Waals surface area contributed by atoms with E-state index >= 15 is 0 Å². The third-order valence-corrected chi connectivity index (χ3v) is 4.05. The van der Waals surface area contributed by atoms with Crippen molar-refractivity contribution in [1.82, 2.24) is 10.2 Å². The Balaban J connectivity index is 2.01. The summed E-state index contributed by atoms with van der Waals surface area (Å²) in [6.07, 6.45) is 4.48. The Morgan fingerprint density at radius 2 is 2.25 bits per heavy atom. The molecule has 20 heavy (non-hydrogen) atoms. The first-order chi connectivity index (χ1) is 9.70. The van der Waals surface area contributed by atoms with Crippen LogP contribution in [0.5, 0.6) is 0 Å². The quantitative estimate of drug-likeness (QED) is 0.925. The topological polar surface area (TPSA) is 32.3 Å². The van der Waals surface area contributed by atoms with Crippen molar-refractivity contribution in [2.75, 3.05) is 13.1 Å². The van der Waals surface area contributed by atoms with Gasteiger partial charge in [0.05, 0.1) is 6.04 Å². The van der Waals surface area contributed by atoms with Crippen LogP contribution in [0.4, 0.5) is 0 Å². The molecular formula is C16H23ClN2O. The van der Waals surface area contributed by atoms with Crippen molar-refractivity contribution in [3.63, 3.8) is 0 Å². The summed E-state index contributed by atoms with van der Waals surface area (Å²) in [5.74, 6) is 0.217. The Labute approximate surface area is 126 Å². The maximum Gasteiger partial charge on any atom is 0.239 e. The number of hydrogen-bond donors (Lipinski definition) is 1. The second kappa shape index (κ2) is 7.65. The summed E-state index contributed by atoms with van der Waals surface area (Å²) >= 11 is 6.01. The van der Waals surface area contributed by atoms with Crippen LogP contribution in [0.3, 0.4) is 0 Å². The predicted molar refractivity (Wildman–Crippen MR) is 82.8 cm³/mol. The first-order valence-corrected chi connectivity index (χ1v) is 7.85. The zero-order valence-corrected chi connectivity index (χ0v) is 12.8. The maximum absolute atomic E-state index is 12.6. The van der Waals surface area contributed by atoms with Gasteiger partial charge in [-0.15, -0.1) is 0 Å². The van der Waals surface area contributed by atoms with Gasteiger partial charge in [-0.25, -0.2) is 0 Å². The highest BCUT2D eigenvalue weighted by Crippen LogP contribution is 2.15. The molecular weight excluding hydrogens is 272 g/mol. The van der Waals surface area contributed by atoms with Gasteiger partial charge in [0.15, 0.2) is 0 Å². The molecule has 1 aliphatic rings. The molecule has 3 nitrogen and oxygen atoms in total. The summed E-state index contributed by atoms with van der Waals surface area (Å²) < 4.78 is 0. The largest absolute Gasteiger partial charge is 0.337 e. The van der Waals surface area contributed by atoms with Crippen LogP contribution in [0.1, 0.15) is 38.2 Å². The zero-order chi connectivity index (χ0) is 14.4. The summed E-state index contributed by atoms with van der Waals surface area (Å²) in [7, 11) is 0. The number of hydrogen-bond acceptors (Lipinski definition) is 2. The SMILES string of the molecule is CCN(Cc1cccc(Cl)c1)C(=O)C1CCCCCN1. The van der Waals surface area contributed by atoms with E-state index < -0.39 is 0 Å². The molecule has 0 spiro atoms. The Morgan fingerprint density at radius 3 is 3.00 bits per heavy atom. The molecule has 1 fully saturated rings. The average molecular weight is 295 g/mol. The zero-order valence-electron chi connectivity index (χ0n) is 12.1. The molecule has 0 saturated carbocycles. The fourth-order valence-electron chi connectivity index (χ4n) is 2.66.